The summed E-state index contributed by atoms with van der Waals surface area (Å²) in [6, 6.07) is 69.0. The Kier molecular flexibility index (Phi) is 6.82. The molecular weight excluding hydrogens is 657 g/mol. The molecule has 0 atom stereocenters. The molecule has 252 valence electrons. The number of hydrogen-bond acceptors (Lipinski definition) is 2. The van der Waals surface area contributed by atoms with Crippen molar-refractivity contribution in [2.75, 3.05) is 0 Å². The third-order valence-corrected chi connectivity index (χ3v) is 10.7. The fourth-order valence-electron chi connectivity index (χ4n) is 8.18. The van der Waals surface area contributed by atoms with Gasteiger partial charge in [0.05, 0.1) is 33.3 Å². The van der Waals surface area contributed by atoms with Gasteiger partial charge in [-0.2, -0.15) is 0 Å². The van der Waals surface area contributed by atoms with E-state index >= 15 is 0 Å². The lowest BCUT2D eigenvalue weighted by atomic mass is 9.96. The largest absolute Gasteiger partial charge is 0.309 e. The van der Waals surface area contributed by atoms with Crippen molar-refractivity contribution in [2.24, 2.45) is 0 Å². The lowest BCUT2D eigenvalue weighted by Crippen LogP contribution is -1.97. The molecule has 0 saturated heterocycles. The summed E-state index contributed by atoms with van der Waals surface area (Å²) in [6.45, 7) is 0. The van der Waals surface area contributed by atoms with Gasteiger partial charge in [-0.1, -0.05) is 133 Å². The van der Waals surface area contributed by atoms with Gasteiger partial charge in [0.15, 0.2) is 0 Å². The van der Waals surface area contributed by atoms with Gasteiger partial charge < -0.3 is 4.57 Å². The predicted molar refractivity (Wildman–Crippen MR) is 225 cm³/mol. The van der Waals surface area contributed by atoms with Gasteiger partial charge in [-0.05, 0) is 77.2 Å². The summed E-state index contributed by atoms with van der Waals surface area (Å²) in [5.74, 6) is 0.936. The van der Waals surface area contributed by atoms with Gasteiger partial charge in [-0.25, -0.2) is 9.97 Å². The van der Waals surface area contributed by atoms with Gasteiger partial charge in [0.1, 0.15) is 5.82 Å². The molecule has 11 rings (SSSR count). The van der Waals surface area contributed by atoms with Crippen LogP contribution in [0.4, 0.5) is 0 Å². The second-order valence-corrected chi connectivity index (χ2v) is 13.8. The van der Waals surface area contributed by atoms with Crippen molar-refractivity contribution in [3.63, 3.8) is 0 Å². The zero-order valence-corrected chi connectivity index (χ0v) is 29.3. The zero-order valence-electron chi connectivity index (χ0n) is 29.3. The summed E-state index contributed by atoms with van der Waals surface area (Å²) in [5, 5.41) is 5.99. The molecule has 0 aliphatic rings. The summed E-state index contributed by atoms with van der Waals surface area (Å²) in [4.78, 5) is 10.3. The number of aromatic nitrogens is 4. The van der Waals surface area contributed by atoms with Crippen molar-refractivity contribution >= 4 is 54.5 Å². The Hall–Kier alpha value is -7.30. The Balaban J connectivity index is 1.03. The van der Waals surface area contributed by atoms with Gasteiger partial charge in [-0.3, -0.25) is 4.57 Å². The molecule has 3 heterocycles. The maximum atomic E-state index is 5.32. The van der Waals surface area contributed by atoms with Crippen LogP contribution in [0.3, 0.4) is 0 Å². The van der Waals surface area contributed by atoms with Crippen molar-refractivity contribution < 1.29 is 0 Å². The Morgan fingerprint density at radius 1 is 0.296 bits per heavy atom. The first kappa shape index (κ1) is 30.3. The fourth-order valence-corrected chi connectivity index (χ4v) is 8.18. The number of para-hydroxylation sites is 5. The van der Waals surface area contributed by atoms with Crippen molar-refractivity contribution in [1.82, 2.24) is 19.1 Å². The maximum Gasteiger partial charge on any atom is 0.145 e. The SMILES string of the molecule is c1ccc(-c2nc3ccccc3n2-c2ccc(-c3ccc(-c4nc5ccccc5c5cc6c7ccccc7n(-c7ccccc7)c6cc45)cc3)cc2)cc1. The Bertz CT molecular complexity index is 3170. The van der Waals surface area contributed by atoms with Crippen LogP contribution in [-0.2, 0) is 0 Å². The Morgan fingerprint density at radius 2 is 0.870 bits per heavy atom. The van der Waals surface area contributed by atoms with Crippen LogP contribution in [0, 0.1) is 0 Å². The van der Waals surface area contributed by atoms with Crippen molar-refractivity contribution in [2.45, 2.75) is 0 Å². The van der Waals surface area contributed by atoms with E-state index in [-0.39, 0.29) is 0 Å². The first-order chi connectivity index (χ1) is 26.8. The molecule has 0 radical (unpaired) electrons. The second-order valence-electron chi connectivity index (χ2n) is 13.8. The first-order valence-electron chi connectivity index (χ1n) is 18.3. The average Bonchev–Trinajstić information content (AvgIpc) is 3.79. The van der Waals surface area contributed by atoms with E-state index < -0.39 is 0 Å². The van der Waals surface area contributed by atoms with E-state index in [2.05, 4.69) is 191 Å². The normalized spacial score (nSPS) is 11.7. The molecule has 0 spiro atoms. The van der Waals surface area contributed by atoms with Gasteiger partial charge in [0.2, 0.25) is 0 Å². The lowest BCUT2D eigenvalue weighted by molar-refractivity contribution is 1.10. The minimum absolute atomic E-state index is 0.936. The molecule has 3 aromatic heterocycles. The summed E-state index contributed by atoms with van der Waals surface area (Å²) in [7, 11) is 0. The molecule has 0 fully saturated rings. The van der Waals surface area contributed by atoms with E-state index in [1.54, 1.807) is 0 Å². The molecule has 11 aromatic rings. The standard InChI is InChI=1S/C50H32N4/c1-3-13-36(14-4-1)50-52-45-20-10-12-22-47(45)54(50)38-29-27-34(28-30-38)33-23-25-35(26-24-33)49-43-32-48-42(31-41(43)39-17-7-9-19-44(39)51-49)40-18-8-11-21-46(40)53(48)37-15-5-2-6-16-37/h1-32H. The van der Waals surface area contributed by atoms with Crippen LogP contribution in [0.2, 0.25) is 0 Å². The zero-order chi connectivity index (χ0) is 35.6. The number of pyridine rings is 1. The van der Waals surface area contributed by atoms with E-state index in [0.717, 1.165) is 72.5 Å². The Labute approximate surface area is 311 Å². The molecule has 0 bridgehead atoms. The number of imidazole rings is 1. The summed E-state index contributed by atoms with van der Waals surface area (Å²) >= 11 is 0. The first-order valence-corrected chi connectivity index (χ1v) is 18.3. The summed E-state index contributed by atoms with van der Waals surface area (Å²) in [5.41, 5.74) is 13.1. The van der Waals surface area contributed by atoms with Crippen LogP contribution in [0.25, 0.3) is 99.7 Å². The lowest BCUT2D eigenvalue weighted by Gasteiger charge is -2.13. The number of benzene rings is 8. The topological polar surface area (TPSA) is 35.6 Å². The smallest absolute Gasteiger partial charge is 0.145 e. The molecule has 0 aliphatic heterocycles. The van der Waals surface area contributed by atoms with Gasteiger partial charge in [-0.15, -0.1) is 0 Å². The average molecular weight is 689 g/mol. The third-order valence-electron chi connectivity index (χ3n) is 10.7. The minimum atomic E-state index is 0.936. The molecule has 8 aromatic carbocycles. The van der Waals surface area contributed by atoms with E-state index in [1.807, 2.05) is 12.1 Å². The summed E-state index contributed by atoms with van der Waals surface area (Å²) in [6.07, 6.45) is 0. The molecule has 0 aliphatic carbocycles. The van der Waals surface area contributed by atoms with Gasteiger partial charge >= 0.3 is 0 Å². The minimum Gasteiger partial charge on any atom is -0.309 e. The van der Waals surface area contributed by atoms with Crippen molar-refractivity contribution in [1.29, 1.82) is 0 Å². The van der Waals surface area contributed by atoms with Crippen molar-refractivity contribution in [3.8, 4) is 45.1 Å². The quantitative estimate of drug-likeness (QED) is 0.169. The highest BCUT2D eigenvalue weighted by atomic mass is 15.1. The van der Waals surface area contributed by atoms with Crippen LogP contribution in [-0.4, -0.2) is 19.1 Å². The van der Waals surface area contributed by atoms with Gasteiger partial charge in [0, 0.05) is 44.0 Å². The number of rotatable bonds is 5. The van der Waals surface area contributed by atoms with Crippen LogP contribution in [0.5, 0.6) is 0 Å². The van der Waals surface area contributed by atoms with Crippen LogP contribution in [0.1, 0.15) is 0 Å². The molecular formula is C50H32N4. The molecule has 0 saturated carbocycles. The highest BCUT2D eigenvalue weighted by Crippen LogP contribution is 2.40. The number of nitrogens with zero attached hydrogens (tertiary/aromatic N) is 4. The predicted octanol–water partition coefficient (Wildman–Crippen LogP) is 12.8. The molecule has 4 nitrogen and oxygen atoms in total. The van der Waals surface area contributed by atoms with Crippen molar-refractivity contribution in [3.05, 3.63) is 194 Å². The fraction of sp³-hybridized carbons (Fsp3) is 0. The van der Waals surface area contributed by atoms with E-state index in [4.69, 9.17) is 9.97 Å². The molecule has 0 amide bonds. The van der Waals surface area contributed by atoms with E-state index in [1.165, 1.54) is 27.2 Å². The molecule has 0 unspecified atom stereocenters. The van der Waals surface area contributed by atoms with Crippen LogP contribution < -0.4 is 0 Å². The highest BCUT2D eigenvalue weighted by molar-refractivity contribution is 6.20. The monoisotopic (exact) mass is 688 g/mol. The molecule has 0 N–H and O–H groups in total. The van der Waals surface area contributed by atoms with E-state index in [9.17, 15) is 0 Å². The van der Waals surface area contributed by atoms with Gasteiger partial charge in [0.25, 0.3) is 0 Å². The number of hydrogen-bond donors (Lipinski definition) is 0. The highest BCUT2D eigenvalue weighted by Gasteiger charge is 2.18. The summed E-state index contributed by atoms with van der Waals surface area (Å²) < 4.78 is 4.63. The molecule has 54 heavy (non-hydrogen) atoms. The Morgan fingerprint density at radius 3 is 1.63 bits per heavy atom. The number of fused-ring (bicyclic) bond motifs is 7. The third kappa shape index (κ3) is 4.78. The van der Waals surface area contributed by atoms with Crippen LogP contribution in [0.15, 0.2) is 194 Å². The van der Waals surface area contributed by atoms with Crippen LogP contribution >= 0.6 is 0 Å². The second kappa shape index (κ2) is 12.1. The van der Waals surface area contributed by atoms with E-state index in [0.29, 0.717) is 0 Å². The maximum absolute atomic E-state index is 5.32. The molecule has 4 heteroatoms.